The van der Waals surface area contributed by atoms with Crippen molar-refractivity contribution in [2.75, 3.05) is 33.0 Å². The average molecular weight is 654 g/mol. The highest BCUT2D eigenvalue weighted by Gasteiger charge is 2.25. The molecule has 0 aromatic heterocycles. The first-order valence-electron chi connectivity index (χ1n) is 17.3. The van der Waals surface area contributed by atoms with Gasteiger partial charge in [0.25, 0.3) is 0 Å². The van der Waals surface area contributed by atoms with Gasteiger partial charge in [-0.05, 0) is 70.6 Å². The van der Waals surface area contributed by atoms with E-state index in [0.717, 1.165) is 89.9 Å². The Morgan fingerprint density at radius 3 is 1.89 bits per heavy atom. The number of esters is 1. The van der Waals surface area contributed by atoms with Crippen molar-refractivity contribution in [2.24, 2.45) is 5.73 Å². The average Bonchev–Trinajstić information content (AvgIpc) is 3.02. The van der Waals surface area contributed by atoms with Crippen LogP contribution in [0.1, 0.15) is 123 Å². The van der Waals surface area contributed by atoms with E-state index in [-0.39, 0.29) is 32.3 Å². The Bertz CT molecular complexity index is 869. The van der Waals surface area contributed by atoms with Gasteiger partial charge in [0.05, 0.1) is 19.8 Å². The Morgan fingerprint density at radius 2 is 1.24 bits per heavy atom. The van der Waals surface area contributed by atoms with Crippen LogP contribution in [0, 0.1) is 0 Å². The van der Waals surface area contributed by atoms with Crippen LogP contribution in [0.15, 0.2) is 60.8 Å². The molecule has 260 valence electrons. The quantitative estimate of drug-likeness (QED) is 0.0319. The van der Waals surface area contributed by atoms with E-state index >= 15 is 0 Å². The summed E-state index contributed by atoms with van der Waals surface area (Å²) in [4.78, 5) is 22.3. The number of allylic oxidation sites excluding steroid dienone is 10. The Morgan fingerprint density at radius 1 is 0.689 bits per heavy atom. The highest BCUT2D eigenvalue weighted by molar-refractivity contribution is 7.47. The fraction of sp³-hybridized carbons (Fsp3) is 0.694. The number of carbonyl (C=O) groups excluding carboxylic acids is 1. The number of hydrogen-bond acceptors (Lipinski definition) is 7. The minimum Gasteiger partial charge on any atom is -0.457 e. The summed E-state index contributed by atoms with van der Waals surface area (Å²) in [5.74, 6) is -0.358. The number of carbonyl (C=O) groups is 1. The normalized spacial score (nSPS) is 14.5. The zero-order chi connectivity index (χ0) is 33.1. The van der Waals surface area contributed by atoms with Gasteiger partial charge >= 0.3 is 13.8 Å². The third-order valence-electron chi connectivity index (χ3n) is 6.65. The van der Waals surface area contributed by atoms with Crippen LogP contribution >= 0.6 is 7.82 Å². The Hall–Kier alpha value is -1.80. The molecular weight excluding hydrogens is 589 g/mol. The van der Waals surface area contributed by atoms with Crippen LogP contribution in [0.5, 0.6) is 0 Å². The molecule has 3 N–H and O–H groups in total. The summed E-state index contributed by atoms with van der Waals surface area (Å²) >= 11 is 0. The molecule has 0 saturated heterocycles. The lowest BCUT2D eigenvalue weighted by molar-refractivity contribution is -0.154. The van der Waals surface area contributed by atoms with E-state index in [9.17, 15) is 14.3 Å². The SMILES string of the molecule is CC/C=C\C/C=C\C/C=C\C/C=C\CCCCCOCC(COP(=O)(O)OCCN)OC(=O)CCCCCCC/C=C\CCC. The van der Waals surface area contributed by atoms with E-state index in [4.69, 9.17) is 24.3 Å². The molecular formula is C36H64NO7P. The molecule has 0 amide bonds. The minimum absolute atomic E-state index is 0.0883. The Balaban J connectivity index is 4.21. The van der Waals surface area contributed by atoms with E-state index in [2.05, 4.69) is 74.6 Å². The van der Waals surface area contributed by atoms with E-state index < -0.39 is 13.9 Å². The van der Waals surface area contributed by atoms with Crippen LogP contribution < -0.4 is 5.73 Å². The molecule has 2 atom stereocenters. The summed E-state index contributed by atoms with van der Waals surface area (Å²) in [7, 11) is -4.28. The van der Waals surface area contributed by atoms with Crippen molar-refractivity contribution < 1.29 is 32.8 Å². The van der Waals surface area contributed by atoms with Crippen molar-refractivity contribution >= 4 is 13.8 Å². The number of hydrogen-bond donors (Lipinski definition) is 2. The van der Waals surface area contributed by atoms with Crippen molar-refractivity contribution in [1.82, 2.24) is 0 Å². The van der Waals surface area contributed by atoms with Crippen LogP contribution in [-0.2, 0) is 27.9 Å². The summed E-state index contributed by atoms with van der Waals surface area (Å²) in [5, 5.41) is 0. The maximum absolute atomic E-state index is 12.4. The van der Waals surface area contributed by atoms with E-state index in [1.165, 1.54) is 12.8 Å². The van der Waals surface area contributed by atoms with Crippen molar-refractivity contribution in [3.05, 3.63) is 60.8 Å². The molecule has 0 heterocycles. The van der Waals surface area contributed by atoms with Gasteiger partial charge in [-0.1, -0.05) is 107 Å². The number of unbranched alkanes of at least 4 members (excludes halogenated alkanes) is 9. The second kappa shape index (κ2) is 33.6. The van der Waals surface area contributed by atoms with E-state index in [0.29, 0.717) is 13.0 Å². The molecule has 0 aromatic carbocycles. The lowest BCUT2D eigenvalue weighted by Gasteiger charge is -2.20. The lowest BCUT2D eigenvalue weighted by atomic mass is 10.1. The van der Waals surface area contributed by atoms with Gasteiger partial charge in [-0.25, -0.2) is 4.57 Å². The number of ether oxygens (including phenoxy) is 2. The molecule has 0 aliphatic carbocycles. The van der Waals surface area contributed by atoms with Gasteiger partial charge in [-0.3, -0.25) is 13.8 Å². The first-order valence-corrected chi connectivity index (χ1v) is 18.8. The van der Waals surface area contributed by atoms with Crippen molar-refractivity contribution in [1.29, 1.82) is 0 Å². The fourth-order valence-electron chi connectivity index (χ4n) is 4.16. The molecule has 0 saturated carbocycles. The fourth-order valence-corrected chi connectivity index (χ4v) is 4.93. The first kappa shape index (κ1) is 43.2. The monoisotopic (exact) mass is 653 g/mol. The predicted octanol–water partition coefficient (Wildman–Crippen LogP) is 9.46. The first-order chi connectivity index (χ1) is 21.9. The van der Waals surface area contributed by atoms with Crippen LogP contribution in [0.3, 0.4) is 0 Å². The van der Waals surface area contributed by atoms with Gasteiger partial charge in [0.1, 0.15) is 6.10 Å². The largest absolute Gasteiger partial charge is 0.472 e. The highest BCUT2D eigenvalue weighted by atomic mass is 31.2. The maximum Gasteiger partial charge on any atom is 0.472 e. The summed E-state index contributed by atoms with van der Waals surface area (Å²) in [6.07, 6.45) is 38.1. The van der Waals surface area contributed by atoms with Gasteiger partial charge in [0.15, 0.2) is 0 Å². The highest BCUT2D eigenvalue weighted by Crippen LogP contribution is 2.43. The van der Waals surface area contributed by atoms with Crippen LogP contribution in [0.2, 0.25) is 0 Å². The second-order valence-corrected chi connectivity index (χ2v) is 12.4. The third-order valence-corrected chi connectivity index (χ3v) is 7.63. The second-order valence-electron chi connectivity index (χ2n) is 11.0. The van der Waals surface area contributed by atoms with Gasteiger partial charge in [0, 0.05) is 19.6 Å². The minimum atomic E-state index is -4.28. The molecule has 0 bridgehead atoms. The summed E-state index contributed by atoms with van der Waals surface area (Å²) < 4.78 is 33.1. The van der Waals surface area contributed by atoms with Gasteiger partial charge in [-0.2, -0.15) is 0 Å². The van der Waals surface area contributed by atoms with E-state index in [1.54, 1.807) is 0 Å². The third kappa shape index (κ3) is 33.4. The molecule has 0 fully saturated rings. The van der Waals surface area contributed by atoms with Crippen LogP contribution in [-0.4, -0.2) is 49.9 Å². The molecule has 0 aliphatic rings. The van der Waals surface area contributed by atoms with Crippen LogP contribution in [0.25, 0.3) is 0 Å². The van der Waals surface area contributed by atoms with Crippen molar-refractivity contribution in [3.8, 4) is 0 Å². The Kier molecular flexibility index (Phi) is 32.2. The molecule has 0 spiro atoms. The number of phosphoric acid groups is 1. The zero-order valence-electron chi connectivity index (χ0n) is 28.3. The maximum atomic E-state index is 12.4. The van der Waals surface area contributed by atoms with Gasteiger partial charge < -0.3 is 20.1 Å². The molecule has 9 heteroatoms. The smallest absolute Gasteiger partial charge is 0.457 e. The molecule has 0 rings (SSSR count). The zero-order valence-corrected chi connectivity index (χ0v) is 29.2. The van der Waals surface area contributed by atoms with Gasteiger partial charge in [-0.15, -0.1) is 0 Å². The lowest BCUT2D eigenvalue weighted by Crippen LogP contribution is -2.28. The summed E-state index contributed by atoms with van der Waals surface area (Å²) in [6.45, 7) is 4.61. The molecule has 8 nitrogen and oxygen atoms in total. The van der Waals surface area contributed by atoms with E-state index in [1.807, 2.05) is 0 Å². The van der Waals surface area contributed by atoms with Crippen molar-refractivity contribution in [2.45, 2.75) is 129 Å². The number of nitrogens with two attached hydrogens (primary N) is 1. The van der Waals surface area contributed by atoms with Gasteiger partial charge in [0.2, 0.25) is 0 Å². The predicted molar refractivity (Wildman–Crippen MR) is 187 cm³/mol. The Labute approximate surface area is 274 Å². The number of phosphoric ester groups is 1. The molecule has 2 unspecified atom stereocenters. The standard InChI is InChI=1S/C36H64NO7P/c1-3-5-7-9-11-13-15-16-17-18-19-20-22-24-26-28-31-41-33-35(34-43-45(39,40)42-32-30-37)44-36(38)29-27-25-23-21-14-12-10-8-6-4-2/h5,7-8,10-11,13,16-17,19-20,35H,3-4,6,9,12,14-15,18,21-34,37H2,1-2H3,(H,39,40)/b7-5-,10-8-,13-11-,17-16-,20-19-. The molecule has 0 aliphatic heterocycles. The molecule has 45 heavy (non-hydrogen) atoms. The summed E-state index contributed by atoms with van der Waals surface area (Å²) in [5.41, 5.74) is 5.33. The molecule has 0 radical (unpaired) electrons. The van der Waals surface area contributed by atoms with Crippen LogP contribution in [0.4, 0.5) is 0 Å². The van der Waals surface area contributed by atoms with Crippen molar-refractivity contribution in [3.63, 3.8) is 0 Å². The summed E-state index contributed by atoms with van der Waals surface area (Å²) in [6, 6.07) is 0. The topological polar surface area (TPSA) is 117 Å². The number of rotatable bonds is 32. The molecule has 0 aromatic rings.